The van der Waals surface area contributed by atoms with Crippen LogP contribution in [0.3, 0.4) is 0 Å². The Morgan fingerprint density at radius 1 is 1.16 bits per heavy atom. The van der Waals surface area contributed by atoms with Crippen LogP contribution in [-0.2, 0) is 14.3 Å². The van der Waals surface area contributed by atoms with E-state index < -0.39 is 5.97 Å². The van der Waals surface area contributed by atoms with Gasteiger partial charge < -0.3 is 14.4 Å². The minimum Gasteiger partial charge on any atom is -0.496 e. The molecule has 5 heteroatoms. The number of hydrogen-bond acceptors (Lipinski definition) is 4. The zero-order chi connectivity index (χ0) is 14.6. The quantitative estimate of drug-likeness (QED) is 0.615. The van der Waals surface area contributed by atoms with Gasteiger partial charge in [0.1, 0.15) is 12.2 Å². The third-order valence-electron chi connectivity index (χ3n) is 3.19. The minimum absolute atomic E-state index is 0.266. The van der Waals surface area contributed by atoms with Crippen LogP contribution in [0.15, 0.2) is 12.1 Å². The monoisotopic (exact) mass is 265 g/mol. The molecule has 104 valence electrons. The van der Waals surface area contributed by atoms with Gasteiger partial charge in [0, 0.05) is 12.7 Å². The number of nitrogens with zero attached hydrogens (tertiary/aromatic N) is 1. The maximum Gasteiger partial charge on any atom is 0.315 e. The molecule has 0 aliphatic rings. The van der Waals surface area contributed by atoms with Crippen LogP contribution in [0.1, 0.15) is 17.5 Å². The number of rotatable bonds is 4. The summed E-state index contributed by atoms with van der Waals surface area (Å²) in [6.07, 6.45) is -0.266. The number of carbonyl (C=O) groups is 2. The van der Waals surface area contributed by atoms with Crippen LogP contribution in [0.25, 0.3) is 0 Å². The maximum atomic E-state index is 11.9. The van der Waals surface area contributed by atoms with E-state index in [4.69, 9.17) is 4.74 Å². The van der Waals surface area contributed by atoms with Gasteiger partial charge in [0.2, 0.25) is 5.91 Å². The second-order valence-corrected chi connectivity index (χ2v) is 4.24. The number of anilines is 1. The first kappa shape index (κ1) is 15.0. The molecule has 0 radical (unpaired) electrons. The smallest absolute Gasteiger partial charge is 0.315 e. The molecule has 0 spiro atoms. The second-order valence-electron chi connectivity index (χ2n) is 4.24. The van der Waals surface area contributed by atoms with Gasteiger partial charge in [-0.25, -0.2) is 0 Å². The van der Waals surface area contributed by atoms with Crippen molar-refractivity contribution in [2.45, 2.75) is 20.3 Å². The molecule has 0 N–H and O–H groups in total. The predicted molar refractivity (Wildman–Crippen MR) is 72.5 cm³/mol. The zero-order valence-corrected chi connectivity index (χ0v) is 11.9. The van der Waals surface area contributed by atoms with Crippen molar-refractivity contribution in [1.82, 2.24) is 0 Å². The van der Waals surface area contributed by atoms with Gasteiger partial charge in [-0.05, 0) is 37.1 Å². The van der Waals surface area contributed by atoms with E-state index in [9.17, 15) is 9.59 Å². The molecule has 0 saturated carbocycles. The standard InChI is InChI=1S/C14H19NO4/c1-9-10(2)12(18-4)7-6-11(9)15(3)13(16)8-14(17)19-5/h6-7H,8H2,1-5H3. The first-order chi connectivity index (χ1) is 8.92. The fourth-order valence-electron chi connectivity index (χ4n) is 1.81. The zero-order valence-electron chi connectivity index (χ0n) is 11.9. The summed E-state index contributed by atoms with van der Waals surface area (Å²) < 4.78 is 9.72. The van der Waals surface area contributed by atoms with Crippen LogP contribution in [0.2, 0.25) is 0 Å². The molecule has 0 aromatic heterocycles. The Morgan fingerprint density at radius 2 is 1.79 bits per heavy atom. The van der Waals surface area contributed by atoms with E-state index in [1.54, 1.807) is 26.3 Å². The van der Waals surface area contributed by atoms with Crippen LogP contribution in [0, 0.1) is 13.8 Å². The Bertz CT molecular complexity index is 496. The predicted octanol–water partition coefficient (Wildman–Crippen LogP) is 1.84. The summed E-state index contributed by atoms with van der Waals surface area (Å²) in [6.45, 7) is 3.84. The van der Waals surface area contributed by atoms with Gasteiger partial charge in [-0.2, -0.15) is 0 Å². The van der Waals surface area contributed by atoms with Gasteiger partial charge >= 0.3 is 5.97 Å². The highest BCUT2D eigenvalue weighted by Gasteiger charge is 2.18. The van der Waals surface area contributed by atoms with E-state index in [1.165, 1.54) is 12.0 Å². The fraction of sp³-hybridized carbons (Fsp3) is 0.429. The van der Waals surface area contributed by atoms with Crippen molar-refractivity contribution in [3.8, 4) is 5.75 Å². The van der Waals surface area contributed by atoms with E-state index >= 15 is 0 Å². The van der Waals surface area contributed by atoms with Crippen molar-refractivity contribution < 1.29 is 19.1 Å². The van der Waals surface area contributed by atoms with Crippen LogP contribution < -0.4 is 9.64 Å². The number of hydrogen-bond donors (Lipinski definition) is 0. The van der Waals surface area contributed by atoms with Gasteiger partial charge in [-0.15, -0.1) is 0 Å². The number of benzene rings is 1. The first-order valence-corrected chi connectivity index (χ1v) is 5.90. The molecule has 0 atom stereocenters. The molecular formula is C14H19NO4. The highest BCUT2D eigenvalue weighted by molar-refractivity contribution is 6.03. The average molecular weight is 265 g/mol. The normalized spacial score (nSPS) is 9.95. The lowest BCUT2D eigenvalue weighted by Crippen LogP contribution is -2.29. The van der Waals surface area contributed by atoms with E-state index in [2.05, 4.69) is 4.74 Å². The van der Waals surface area contributed by atoms with E-state index in [0.717, 1.165) is 22.6 Å². The summed E-state index contributed by atoms with van der Waals surface area (Å²) in [6, 6.07) is 3.61. The third kappa shape index (κ3) is 3.24. The van der Waals surface area contributed by atoms with Crippen LogP contribution in [0.5, 0.6) is 5.75 Å². The molecule has 0 unspecified atom stereocenters. The Balaban J connectivity index is 3.00. The number of methoxy groups -OCH3 is 2. The Hall–Kier alpha value is -2.04. The lowest BCUT2D eigenvalue weighted by Gasteiger charge is -2.21. The molecular weight excluding hydrogens is 246 g/mol. The maximum absolute atomic E-state index is 11.9. The summed E-state index contributed by atoms with van der Waals surface area (Å²) in [4.78, 5) is 24.5. The highest BCUT2D eigenvalue weighted by Crippen LogP contribution is 2.29. The molecule has 1 amide bonds. The van der Waals surface area contributed by atoms with Gasteiger partial charge in [-0.1, -0.05) is 0 Å². The van der Waals surface area contributed by atoms with Crippen LogP contribution >= 0.6 is 0 Å². The molecule has 1 aromatic rings. The van der Waals surface area contributed by atoms with Crippen molar-refractivity contribution in [3.05, 3.63) is 23.3 Å². The molecule has 5 nitrogen and oxygen atoms in total. The molecule has 1 rings (SSSR count). The molecule has 0 aliphatic heterocycles. The van der Waals surface area contributed by atoms with Crippen molar-refractivity contribution in [1.29, 1.82) is 0 Å². The lowest BCUT2D eigenvalue weighted by atomic mass is 10.1. The van der Waals surface area contributed by atoms with E-state index in [0.29, 0.717) is 0 Å². The van der Waals surface area contributed by atoms with E-state index in [1.807, 2.05) is 13.8 Å². The number of carbonyl (C=O) groups excluding carboxylic acids is 2. The van der Waals surface area contributed by atoms with Crippen LogP contribution in [-0.4, -0.2) is 33.1 Å². The Labute approximate surface area is 113 Å². The van der Waals surface area contributed by atoms with Gasteiger partial charge in [-0.3, -0.25) is 9.59 Å². The summed E-state index contributed by atoms with van der Waals surface area (Å²) in [5.74, 6) is -0.0747. The van der Waals surface area contributed by atoms with Crippen molar-refractivity contribution in [2.24, 2.45) is 0 Å². The topological polar surface area (TPSA) is 55.8 Å². The SMILES string of the molecule is COC(=O)CC(=O)N(C)c1ccc(OC)c(C)c1C. The molecule has 19 heavy (non-hydrogen) atoms. The summed E-state index contributed by atoms with van der Waals surface area (Å²) >= 11 is 0. The van der Waals surface area contributed by atoms with Crippen molar-refractivity contribution >= 4 is 17.6 Å². The molecule has 0 bridgehead atoms. The summed E-state index contributed by atoms with van der Waals surface area (Å²) in [5, 5.41) is 0. The first-order valence-electron chi connectivity index (χ1n) is 5.90. The Morgan fingerprint density at radius 3 is 2.32 bits per heavy atom. The van der Waals surface area contributed by atoms with E-state index in [-0.39, 0.29) is 12.3 Å². The molecule has 0 saturated heterocycles. The van der Waals surface area contributed by atoms with Crippen molar-refractivity contribution in [2.75, 3.05) is 26.2 Å². The fourth-order valence-corrected chi connectivity index (χ4v) is 1.81. The molecule has 0 fully saturated rings. The van der Waals surface area contributed by atoms with Crippen LogP contribution in [0.4, 0.5) is 5.69 Å². The van der Waals surface area contributed by atoms with Gasteiger partial charge in [0.05, 0.1) is 14.2 Å². The Kier molecular flexibility index (Phi) is 4.92. The molecule has 0 aliphatic carbocycles. The number of amides is 1. The average Bonchev–Trinajstić information content (AvgIpc) is 2.40. The number of esters is 1. The highest BCUT2D eigenvalue weighted by atomic mass is 16.5. The molecule has 1 aromatic carbocycles. The van der Waals surface area contributed by atoms with Gasteiger partial charge in [0.15, 0.2) is 0 Å². The van der Waals surface area contributed by atoms with Crippen molar-refractivity contribution in [3.63, 3.8) is 0 Å². The summed E-state index contributed by atoms with van der Waals surface area (Å²) in [7, 11) is 4.51. The molecule has 0 heterocycles. The largest absolute Gasteiger partial charge is 0.496 e. The number of ether oxygens (including phenoxy) is 2. The lowest BCUT2D eigenvalue weighted by molar-refractivity contribution is -0.143. The summed E-state index contributed by atoms with van der Waals surface area (Å²) in [5.41, 5.74) is 2.67. The minimum atomic E-state index is -0.542. The van der Waals surface area contributed by atoms with Gasteiger partial charge in [0.25, 0.3) is 0 Å². The third-order valence-corrected chi connectivity index (χ3v) is 3.19. The second kappa shape index (κ2) is 6.22.